The number of hydrogen-bond donors (Lipinski definition) is 1. The van der Waals surface area contributed by atoms with Crippen molar-refractivity contribution in [3.05, 3.63) is 33.4 Å². The average molecular weight is 263 g/mol. The van der Waals surface area contributed by atoms with E-state index in [1.807, 2.05) is 18.2 Å². The maximum Gasteiger partial charge on any atom is 0.151 e. The number of carbonyl (C=O) groups is 1. The first-order chi connectivity index (χ1) is 5.34. The van der Waals surface area contributed by atoms with Crippen LogP contribution >= 0.6 is 22.6 Å². The van der Waals surface area contributed by atoms with E-state index in [4.69, 9.17) is 0 Å². The molecule has 1 aromatic carbocycles. The molecular formula is C8H10INO. The van der Waals surface area contributed by atoms with E-state index in [1.54, 1.807) is 6.07 Å². The summed E-state index contributed by atoms with van der Waals surface area (Å²) < 4.78 is 1.00. The number of halogens is 1. The molecule has 0 aliphatic carbocycles. The lowest BCUT2D eigenvalue weighted by atomic mass is 10.2. The van der Waals surface area contributed by atoms with Gasteiger partial charge in [-0.3, -0.25) is 4.79 Å². The Bertz CT molecular complexity index is 225. The fourth-order valence-corrected chi connectivity index (χ4v) is 1.09. The largest absolute Gasteiger partial charge is 0.333 e. The van der Waals surface area contributed by atoms with E-state index >= 15 is 0 Å². The molecule has 0 amide bonds. The van der Waals surface area contributed by atoms with Crippen LogP contribution in [0.5, 0.6) is 0 Å². The molecule has 0 aliphatic rings. The molecule has 0 radical (unpaired) electrons. The Morgan fingerprint density at radius 2 is 1.91 bits per heavy atom. The maximum atomic E-state index is 10.2. The lowest BCUT2D eigenvalue weighted by Crippen LogP contribution is -1.81. The fraction of sp³-hybridized carbons (Fsp3) is 0.125. The van der Waals surface area contributed by atoms with Gasteiger partial charge in [-0.1, -0.05) is 18.2 Å². The van der Waals surface area contributed by atoms with Crippen LogP contribution < -0.4 is 5.73 Å². The Balaban J connectivity index is 0.000000461. The van der Waals surface area contributed by atoms with E-state index in [1.165, 1.54) is 7.05 Å². The zero-order valence-corrected chi connectivity index (χ0v) is 8.41. The van der Waals surface area contributed by atoms with Gasteiger partial charge < -0.3 is 5.73 Å². The molecule has 1 rings (SSSR count). The first kappa shape index (κ1) is 10.6. The molecule has 2 N–H and O–H groups in total. The van der Waals surface area contributed by atoms with E-state index in [2.05, 4.69) is 28.3 Å². The van der Waals surface area contributed by atoms with Crippen LogP contribution in [0.3, 0.4) is 0 Å². The van der Waals surface area contributed by atoms with Crippen LogP contribution in [0.1, 0.15) is 10.4 Å². The minimum atomic E-state index is 0.762. The Morgan fingerprint density at radius 1 is 1.36 bits per heavy atom. The van der Waals surface area contributed by atoms with Gasteiger partial charge in [0.05, 0.1) is 0 Å². The quantitative estimate of drug-likeness (QED) is 0.618. The molecule has 0 spiro atoms. The van der Waals surface area contributed by atoms with Gasteiger partial charge in [-0.25, -0.2) is 0 Å². The third-order valence-corrected chi connectivity index (χ3v) is 2.01. The Kier molecular flexibility index (Phi) is 6.06. The van der Waals surface area contributed by atoms with Crippen LogP contribution in [0.4, 0.5) is 0 Å². The van der Waals surface area contributed by atoms with Gasteiger partial charge >= 0.3 is 0 Å². The van der Waals surface area contributed by atoms with Gasteiger partial charge in [0.15, 0.2) is 6.29 Å². The third-order valence-electron chi connectivity index (χ3n) is 1.03. The fourth-order valence-electron chi connectivity index (χ4n) is 0.571. The highest BCUT2D eigenvalue weighted by Gasteiger charge is 1.91. The Hall–Kier alpha value is -0.420. The monoisotopic (exact) mass is 263 g/mol. The molecule has 2 nitrogen and oxygen atoms in total. The van der Waals surface area contributed by atoms with Gasteiger partial charge in [-0.15, -0.1) is 0 Å². The second kappa shape index (κ2) is 6.30. The van der Waals surface area contributed by atoms with E-state index in [9.17, 15) is 4.79 Å². The Morgan fingerprint density at radius 3 is 2.27 bits per heavy atom. The SMILES string of the molecule is CN.O=Cc1ccccc1I. The first-order valence-corrected chi connectivity index (χ1v) is 4.20. The molecule has 0 fully saturated rings. The van der Waals surface area contributed by atoms with Gasteiger partial charge in [-0.05, 0) is 35.7 Å². The maximum absolute atomic E-state index is 10.2. The van der Waals surface area contributed by atoms with Gasteiger partial charge in [0.25, 0.3) is 0 Å². The second-order valence-corrected chi connectivity index (χ2v) is 2.80. The normalized spacial score (nSPS) is 7.91. The smallest absolute Gasteiger partial charge is 0.151 e. The molecule has 11 heavy (non-hydrogen) atoms. The topological polar surface area (TPSA) is 43.1 Å². The van der Waals surface area contributed by atoms with Crippen molar-refractivity contribution in [3.63, 3.8) is 0 Å². The van der Waals surface area contributed by atoms with Crippen LogP contribution in [-0.4, -0.2) is 13.3 Å². The summed E-state index contributed by atoms with van der Waals surface area (Å²) in [7, 11) is 1.50. The van der Waals surface area contributed by atoms with Crippen molar-refractivity contribution >= 4 is 28.9 Å². The number of aldehydes is 1. The summed E-state index contributed by atoms with van der Waals surface area (Å²) in [5.41, 5.74) is 5.26. The Labute approximate surface area is 79.9 Å². The van der Waals surface area contributed by atoms with Gasteiger partial charge in [0.1, 0.15) is 0 Å². The summed E-state index contributed by atoms with van der Waals surface area (Å²) in [6, 6.07) is 7.47. The van der Waals surface area contributed by atoms with Crippen molar-refractivity contribution < 1.29 is 4.79 Å². The number of nitrogens with two attached hydrogens (primary N) is 1. The lowest BCUT2D eigenvalue weighted by Gasteiger charge is -1.90. The summed E-state index contributed by atoms with van der Waals surface area (Å²) in [6.45, 7) is 0. The standard InChI is InChI=1S/C7H5IO.CH5N/c8-7-4-2-1-3-6(7)5-9;1-2/h1-5H;2H2,1H3. The molecule has 0 aromatic heterocycles. The van der Waals surface area contributed by atoms with Crippen LogP contribution in [0.2, 0.25) is 0 Å². The number of carbonyl (C=O) groups excluding carboxylic acids is 1. The van der Waals surface area contributed by atoms with Crippen molar-refractivity contribution in [1.82, 2.24) is 0 Å². The molecule has 0 unspecified atom stereocenters. The van der Waals surface area contributed by atoms with Crippen molar-refractivity contribution in [2.75, 3.05) is 7.05 Å². The summed E-state index contributed by atoms with van der Waals surface area (Å²) >= 11 is 2.13. The number of hydrogen-bond acceptors (Lipinski definition) is 2. The molecule has 0 saturated heterocycles. The average Bonchev–Trinajstić information content (AvgIpc) is 2.09. The van der Waals surface area contributed by atoms with Gasteiger partial charge in [0, 0.05) is 9.13 Å². The van der Waals surface area contributed by atoms with E-state index in [0.717, 1.165) is 15.4 Å². The summed E-state index contributed by atoms with van der Waals surface area (Å²) in [5.74, 6) is 0. The van der Waals surface area contributed by atoms with Crippen molar-refractivity contribution in [2.24, 2.45) is 5.73 Å². The molecule has 0 atom stereocenters. The summed E-state index contributed by atoms with van der Waals surface area (Å²) in [6.07, 6.45) is 0.863. The number of rotatable bonds is 1. The van der Waals surface area contributed by atoms with Crippen LogP contribution in [0, 0.1) is 3.57 Å². The predicted molar refractivity (Wildman–Crippen MR) is 54.7 cm³/mol. The zero-order valence-electron chi connectivity index (χ0n) is 6.25. The molecule has 1 aromatic rings. The molecule has 3 heteroatoms. The van der Waals surface area contributed by atoms with Crippen molar-refractivity contribution in [1.29, 1.82) is 0 Å². The highest BCUT2D eigenvalue weighted by Crippen LogP contribution is 2.07. The molecule has 0 saturated carbocycles. The lowest BCUT2D eigenvalue weighted by molar-refractivity contribution is 0.112. The predicted octanol–water partition coefficient (Wildman–Crippen LogP) is 1.68. The first-order valence-electron chi connectivity index (χ1n) is 3.12. The summed E-state index contributed by atoms with van der Waals surface area (Å²) in [5, 5.41) is 0. The number of benzene rings is 1. The molecule has 0 aliphatic heterocycles. The second-order valence-electron chi connectivity index (χ2n) is 1.64. The van der Waals surface area contributed by atoms with E-state index in [-0.39, 0.29) is 0 Å². The van der Waals surface area contributed by atoms with Crippen LogP contribution in [0.25, 0.3) is 0 Å². The highest BCUT2D eigenvalue weighted by atomic mass is 127. The minimum Gasteiger partial charge on any atom is -0.333 e. The van der Waals surface area contributed by atoms with Gasteiger partial charge in [0.2, 0.25) is 0 Å². The third kappa shape index (κ3) is 3.48. The van der Waals surface area contributed by atoms with E-state index in [0.29, 0.717) is 0 Å². The van der Waals surface area contributed by atoms with Crippen molar-refractivity contribution in [2.45, 2.75) is 0 Å². The van der Waals surface area contributed by atoms with Crippen LogP contribution in [0.15, 0.2) is 24.3 Å². The van der Waals surface area contributed by atoms with E-state index < -0.39 is 0 Å². The molecule has 0 heterocycles. The van der Waals surface area contributed by atoms with Crippen molar-refractivity contribution in [3.8, 4) is 0 Å². The molecule has 60 valence electrons. The molecule has 0 bridgehead atoms. The molecular weight excluding hydrogens is 253 g/mol. The van der Waals surface area contributed by atoms with Crippen LogP contribution in [-0.2, 0) is 0 Å². The van der Waals surface area contributed by atoms with Gasteiger partial charge in [-0.2, -0.15) is 0 Å². The summed E-state index contributed by atoms with van der Waals surface area (Å²) in [4.78, 5) is 10.2. The highest BCUT2D eigenvalue weighted by molar-refractivity contribution is 14.1. The zero-order chi connectivity index (χ0) is 8.69. The minimum absolute atomic E-state index is 0.762.